The van der Waals surface area contributed by atoms with Crippen LogP contribution in [0.5, 0.6) is 0 Å². The third kappa shape index (κ3) is 3.37. The zero-order chi connectivity index (χ0) is 17.5. The molecule has 0 aromatic carbocycles. The number of nitroso groups, excluding NO2 is 1. The Labute approximate surface area is 146 Å². The van der Waals surface area contributed by atoms with E-state index in [1.165, 1.54) is 19.5 Å². The summed E-state index contributed by atoms with van der Waals surface area (Å²) >= 11 is 0. The number of likely N-dealkylation sites (tertiary alicyclic amines) is 2. The lowest BCUT2D eigenvalue weighted by Crippen LogP contribution is -2.60. The predicted molar refractivity (Wildman–Crippen MR) is 97.9 cm³/mol. The lowest BCUT2D eigenvalue weighted by molar-refractivity contribution is -0.0145. The van der Waals surface area contributed by atoms with Gasteiger partial charge in [-0.1, -0.05) is 12.1 Å². The Hall–Kier alpha value is -0.600. The van der Waals surface area contributed by atoms with Crippen LogP contribution in [0.3, 0.4) is 0 Å². The monoisotopic (exact) mass is 351 g/mol. The quantitative estimate of drug-likeness (QED) is 0.562. The van der Waals surface area contributed by atoms with Crippen LogP contribution in [0, 0.1) is 27.6 Å². The maximum Gasteiger partial charge on any atom is 0.110 e. The number of nitrogens with zero attached hydrogens (tertiary/aromatic N) is 5. The molecule has 3 aliphatic heterocycles. The van der Waals surface area contributed by atoms with Crippen molar-refractivity contribution in [2.24, 2.45) is 16.5 Å². The van der Waals surface area contributed by atoms with Crippen LogP contribution in [0.1, 0.15) is 27.2 Å². The molecule has 0 aromatic rings. The average Bonchev–Trinajstić information content (AvgIpc) is 3.16. The van der Waals surface area contributed by atoms with Crippen molar-refractivity contribution in [3.63, 3.8) is 0 Å². The van der Waals surface area contributed by atoms with Gasteiger partial charge in [0.1, 0.15) is 6.04 Å². The highest BCUT2D eigenvalue weighted by Crippen LogP contribution is 2.56. The molecule has 0 amide bonds. The zero-order valence-electron chi connectivity index (χ0n) is 15.4. The van der Waals surface area contributed by atoms with Gasteiger partial charge in [-0.05, 0) is 53.5 Å². The van der Waals surface area contributed by atoms with Crippen LogP contribution in [0.25, 0.3) is 0 Å². The molecule has 0 spiro atoms. The number of hydrogen-bond acceptors (Lipinski definition) is 6. The fourth-order valence-electron chi connectivity index (χ4n) is 4.51. The first kappa shape index (κ1) is 18.2. The standard InChI is InChI=1S/C17H30N5OP/c1-13(15-5-6-20(4)7-15)24-9-16(19-23)8-22(24)14(2)21-11-17(3,10-18)12-21/h13-16H,5-9,11-12H2,1-4H3. The van der Waals surface area contributed by atoms with Gasteiger partial charge < -0.3 is 4.90 Å². The minimum absolute atomic E-state index is 0.0521. The van der Waals surface area contributed by atoms with E-state index < -0.39 is 0 Å². The first-order chi connectivity index (χ1) is 11.4. The van der Waals surface area contributed by atoms with Crippen LogP contribution in [0.2, 0.25) is 0 Å². The summed E-state index contributed by atoms with van der Waals surface area (Å²) < 4.78 is 2.56. The third-order valence-corrected chi connectivity index (χ3v) is 9.50. The summed E-state index contributed by atoms with van der Waals surface area (Å²) in [4.78, 5) is 16.0. The summed E-state index contributed by atoms with van der Waals surface area (Å²) in [6.07, 6.45) is 2.54. The topological polar surface area (TPSA) is 62.9 Å². The molecular formula is C17H30N5OP. The molecule has 3 saturated heterocycles. The van der Waals surface area contributed by atoms with Gasteiger partial charge in [0.15, 0.2) is 0 Å². The molecule has 0 aromatic heterocycles. The molecule has 24 heavy (non-hydrogen) atoms. The SMILES string of the molecule is CC(N1CC(C)(C#N)C1)N1CC(N=O)CP1C(C)C1CCN(C)C1. The second-order valence-corrected chi connectivity index (χ2v) is 10.8. The van der Waals surface area contributed by atoms with E-state index in [0.717, 1.165) is 31.7 Å². The van der Waals surface area contributed by atoms with Crippen LogP contribution in [0.4, 0.5) is 0 Å². The summed E-state index contributed by atoms with van der Waals surface area (Å²) in [5.74, 6) is 0.738. The number of nitriles is 1. The van der Waals surface area contributed by atoms with Gasteiger partial charge >= 0.3 is 0 Å². The smallest absolute Gasteiger partial charge is 0.110 e. The second kappa shape index (κ2) is 6.96. The van der Waals surface area contributed by atoms with Crippen molar-refractivity contribution in [1.29, 1.82) is 5.26 Å². The number of rotatable bonds is 5. The molecule has 3 fully saturated rings. The normalized spacial score (nSPS) is 36.9. The molecule has 3 aliphatic rings. The van der Waals surface area contributed by atoms with Gasteiger partial charge in [0.25, 0.3) is 0 Å². The van der Waals surface area contributed by atoms with E-state index in [1.807, 2.05) is 6.92 Å². The lowest BCUT2D eigenvalue weighted by Gasteiger charge is -2.50. The Bertz CT molecular complexity index is 518. The summed E-state index contributed by atoms with van der Waals surface area (Å²) in [7, 11) is 1.87. The Morgan fingerprint density at radius 1 is 1.33 bits per heavy atom. The molecule has 5 unspecified atom stereocenters. The maximum atomic E-state index is 11.2. The van der Waals surface area contributed by atoms with Gasteiger partial charge in [-0.15, -0.1) is 0 Å². The van der Waals surface area contributed by atoms with Crippen LogP contribution >= 0.6 is 8.07 Å². The minimum Gasteiger partial charge on any atom is -0.306 e. The van der Waals surface area contributed by atoms with E-state index in [2.05, 4.69) is 46.6 Å². The molecule has 0 saturated carbocycles. The van der Waals surface area contributed by atoms with Gasteiger partial charge in [-0.25, -0.2) is 0 Å². The fourth-order valence-corrected chi connectivity index (χ4v) is 7.84. The van der Waals surface area contributed by atoms with Gasteiger partial charge in [-0.2, -0.15) is 10.2 Å². The molecule has 6 nitrogen and oxygen atoms in total. The van der Waals surface area contributed by atoms with E-state index in [-0.39, 0.29) is 19.5 Å². The Kier molecular flexibility index (Phi) is 5.28. The minimum atomic E-state index is -0.335. The Balaban J connectivity index is 1.67. The van der Waals surface area contributed by atoms with Gasteiger partial charge in [0, 0.05) is 32.3 Å². The van der Waals surface area contributed by atoms with Crippen molar-refractivity contribution in [3.05, 3.63) is 4.91 Å². The third-order valence-electron chi connectivity index (χ3n) is 6.19. The molecule has 134 valence electrons. The van der Waals surface area contributed by atoms with Gasteiger partial charge in [-0.3, -0.25) is 9.57 Å². The summed E-state index contributed by atoms with van der Waals surface area (Å²) in [5, 5.41) is 12.6. The highest BCUT2D eigenvalue weighted by molar-refractivity contribution is 7.56. The van der Waals surface area contributed by atoms with E-state index >= 15 is 0 Å². The van der Waals surface area contributed by atoms with Gasteiger partial charge in [0.2, 0.25) is 0 Å². The molecule has 0 aliphatic carbocycles. The molecule has 3 heterocycles. The molecule has 0 bridgehead atoms. The predicted octanol–water partition coefficient (Wildman–Crippen LogP) is 2.37. The van der Waals surface area contributed by atoms with Crippen LogP contribution < -0.4 is 0 Å². The average molecular weight is 351 g/mol. The van der Waals surface area contributed by atoms with E-state index in [4.69, 9.17) is 0 Å². The van der Waals surface area contributed by atoms with Crippen molar-refractivity contribution in [1.82, 2.24) is 14.5 Å². The van der Waals surface area contributed by atoms with Crippen LogP contribution in [-0.4, -0.2) is 78.3 Å². The van der Waals surface area contributed by atoms with Crippen molar-refractivity contribution in [2.45, 2.75) is 45.1 Å². The molecule has 5 atom stereocenters. The van der Waals surface area contributed by atoms with Crippen molar-refractivity contribution >= 4 is 8.07 Å². The van der Waals surface area contributed by atoms with Crippen LogP contribution in [-0.2, 0) is 0 Å². The highest BCUT2D eigenvalue weighted by Gasteiger charge is 2.47. The largest absolute Gasteiger partial charge is 0.306 e. The molecule has 0 radical (unpaired) electrons. The lowest BCUT2D eigenvalue weighted by atomic mass is 9.83. The number of hydrogen-bond donors (Lipinski definition) is 0. The fraction of sp³-hybridized carbons (Fsp3) is 0.941. The second-order valence-electron chi connectivity index (χ2n) is 8.26. The Morgan fingerprint density at radius 3 is 2.58 bits per heavy atom. The molecular weight excluding hydrogens is 321 g/mol. The summed E-state index contributed by atoms with van der Waals surface area (Å²) in [6, 6.07) is 2.38. The summed E-state index contributed by atoms with van der Waals surface area (Å²) in [5.41, 5.74) is 0.446. The first-order valence-corrected chi connectivity index (χ1v) is 10.6. The summed E-state index contributed by atoms with van der Waals surface area (Å²) in [6.45, 7) is 11.5. The van der Waals surface area contributed by atoms with Gasteiger partial charge in [0.05, 0.1) is 17.6 Å². The maximum absolute atomic E-state index is 11.2. The highest BCUT2D eigenvalue weighted by atomic mass is 31.1. The van der Waals surface area contributed by atoms with E-state index in [9.17, 15) is 10.2 Å². The van der Waals surface area contributed by atoms with Crippen molar-refractivity contribution in [3.8, 4) is 6.07 Å². The van der Waals surface area contributed by atoms with Crippen molar-refractivity contribution in [2.75, 3.05) is 45.9 Å². The van der Waals surface area contributed by atoms with E-state index in [1.54, 1.807) is 0 Å². The van der Waals surface area contributed by atoms with Crippen molar-refractivity contribution < 1.29 is 0 Å². The Morgan fingerprint density at radius 2 is 2.04 bits per heavy atom. The first-order valence-electron chi connectivity index (χ1n) is 9.06. The molecule has 3 rings (SSSR count). The van der Waals surface area contributed by atoms with Crippen LogP contribution in [0.15, 0.2) is 5.18 Å². The molecule has 7 heteroatoms. The van der Waals surface area contributed by atoms with E-state index in [0.29, 0.717) is 11.8 Å². The molecule has 0 N–H and O–H groups in total. The zero-order valence-corrected chi connectivity index (χ0v) is 16.2.